The van der Waals surface area contributed by atoms with E-state index in [9.17, 15) is 24.9 Å². The largest absolute Gasteiger partial charge is 0.463 e. The molecule has 2 aliphatic rings. The molecule has 0 saturated carbocycles. The number of aliphatic hydroxyl groups excluding tert-OH is 3. The second-order valence-electron chi connectivity index (χ2n) is 10.6. The second-order valence-corrected chi connectivity index (χ2v) is 10.6. The number of ether oxygens (including phenoxy) is 2. The predicted molar refractivity (Wildman–Crippen MR) is 106 cm³/mol. The highest BCUT2D eigenvalue weighted by Crippen LogP contribution is 2.39. The van der Waals surface area contributed by atoms with Gasteiger partial charge in [-0.1, -0.05) is 0 Å². The van der Waals surface area contributed by atoms with Gasteiger partial charge in [-0.25, -0.2) is 0 Å². The van der Waals surface area contributed by atoms with E-state index >= 15 is 0 Å². The Bertz CT molecular complexity index is 577. The SMILES string of the molecule is CC(C)(C)C(=O)OCC1(COC(=O)C(C)(C)C)C[C@H](O)C[C@@H]2C[C@H](O)[C@H](O)CN21. The third-order valence-corrected chi connectivity index (χ3v) is 5.72. The summed E-state index contributed by atoms with van der Waals surface area (Å²) in [5, 5.41) is 30.9. The molecule has 0 radical (unpaired) electrons. The lowest BCUT2D eigenvalue weighted by atomic mass is 9.77. The lowest BCUT2D eigenvalue weighted by Crippen LogP contribution is -2.69. The Balaban J connectivity index is 2.30. The minimum absolute atomic E-state index is 0.0725. The third-order valence-electron chi connectivity index (χ3n) is 5.72. The molecular weight excluding hydrogens is 378 g/mol. The van der Waals surface area contributed by atoms with E-state index in [-0.39, 0.29) is 32.2 Å². The Kier molecular flexibility index (Phi) is 7.04. The van der Waals surface area contributed by atoms with Gasteiger partial charge in [0.25, 0.3) is 0 Å². The van der Waals surface area contributed by atoms with Gasteiger partial charge >= 0.3 is 11.9 Å². The lowest BCUT2D eigenvalue weighted by molar-refractivity contribution is -0.189. The average molecular weight is 416 g/mol. The minimum atomic E-state index is -0.967. The summed E-state index contributed by atoms with van der Waals surface area (Å²) in [4.78, 5) is 26.8. The summed E-state index contributed by atoms with van der Waals surface area (Å²) < 4.78 is 11.2. The zero-order valence-electron chi connectivity index (χ0n) is 18.5. The van der Waals surface area contributed by atoms with Gasteiger partial charge in [-0.2, -0.15) is 0 Å². The van der Waals surface area contributed by atoms with Crippen molar-refractivity contribution in [1.82, 2.24) is 4.90 Å². The lowest BCUT2D eigenvalue weighted by Gasteiger charge is -2.55. The Labute approximate surface area is 173 Å². The molecule has 0 aromatic heterocycles. The smallest absolute Gasteiger partial charge is 0.311 e. The van der Waals surface area contributed by atoms with Gasteiger partial charge in [0.15, 0.2) is 0 Å². The highest BCUT2D eigenvalue weighted by Gasteiger charge is 2.52. The summed E-state index contributed by atoms with van der Waals surface area (Å²) >= 11 is 0. The Morgan fingerprint density at radius 1 is 0.897 bits per heavy atom. The Morgan fingerprint density at radius 2 is 1.38 bits per heavy atom. The van der Waals surface area contributed by atoms with E-state index < -0.39 is 46.6 Å². The highest BCUT2D eigenvalue weighted by atomic mass is 16.6. The van der Waals surface area contributed by atoms with Gasteiger partial charge in [-0.05, 0) is 60.8 Å². The van der Waals surface area contributed by atoms with Crippen molar-refractivity contribution >= 4 is 11.9 Å². The van der Waals surface area contributed by atoms with Gasteiger partial charge < -0.3 is 24.8 Å². The standard InChI is InChI=1S/C21H37NO7/c1-19(2,3)17(26)28-11-21(12-29-18(27)20(4,5)6)9-14(23)7-13-8-15(24)16(25)10-22(13)21/h13-16,23-25H,7-12H2,1-6H3/t13-,14-,15+,16-/m1/s1. The van der Waals surface area contributed by atoms with Crippen LogP contribution in [0.1, 0.15) is 60.8 Å². The first kappa shape index (κ1) is 24.1. The molecule has 0 amide bonds. The van der Waals surface area contributed by atoms with Crippen molar-refractivity contribution in [1.29, 1.82) is 0 Å². The molecule has 2 saturated heterocycles. The van der Waals surface area contributed by atoms with Crippen LogP contribution in [0.25, 0.3) is 0 Å². The summed E-state index contributed by atoms with van der Waals surface area (Å²) in [7, 11) is 0. The van der Waals surface area contributed by atoms with Crippen molar-refractivity contribution in [2.75, 3.05) is 19.8 Å². The first-order valence-corrected chi connectivity index (χ1v) is 10.3. The van der Waals surface area contributed by atoms with Gasteiger partial charge in [0.1, 0.15) is 13.2 Å². The number of nitrogens with zero attached hydrogens (tertiary/aromatic N) is 1. The predicted octanol–water partition coefficient (Wildman–Crippen LogP) is 0.855. The highest BCUT2D eigenvalue weighted by molar-refractivity contribution is 5.76. The van der Waals surface area contributed by atoms with Crippen LogP contribution in [0.3, 0.4) is 0 Å². The molecule has 2 fully saturated rings. The summed E-state index contributed by atoms with van der Waals surface area (Å²) in [5.41, 5.74) is -2.37. The minimum Gasteiger partial charge on any atom is -0.463 e. The molecule has 29 heavy (non-hydrogen) atoms. The number of hydrogen-bond donors (Lipinski definition) is 3. The summed E-state index contributed by atoms with van der Waals surface area (Å²) in [6.45, 7) is 10.5. The fourth-order valence-corrected chi connectivity index (χ4v) is 3.95. The number of piperidine rings is 2. The maximum Gasteiger partial charge on any atom is 0.311 e. The quantitative estimate of drug-likeness (QED) is 0.579. The van der Waals surface area contributed by atoms with E-state index in [1.807, 2.05) is 4.90 Å². The van der Waals surface area contributed by atoms with Crippen LogP contribution in [0, 0.1) is 10.8 Å². The molecule has 2 aliphatic heterocycles. The summed E-state index contributed by atoms with van der Waals surface area (Å²) in [5.74, 6) is -0.790. The van der Waals surface area contributed by atoms with Crippen molar-refractivity contribution in [2.45, 2.75) is 90.7 Å². The molecule has 8 nitrogen and oxygen atoms in total. The number of fused-ring (bicyclic) bond motifs is 1. The zero-order valence-corrected chi connectivity index (χ0v) is 18.5. The van der Waals surface area contributed by atoms with Gasteiger partial charge in [0.05, 0.1) is 34.7 Å². The van der Waals surface area contributed by atoms with E-state index in [0.29, 0.717) is 12.8 Å². The molecule has 3 N–H and O–H groups in total. The third kappa shape index (κ3) is 5.69. The van der Waals surface area contributed by atoms with Crippen molar-refractivity contribution in [3.8, 4) is 0 Å². The molecule has 0 unspecified atom stereocenters. The van der Waals surface area contributed by atoms with Crippen LogP contribution < -0.4 is 0 Å². The molecule has 0 bridgehead atoms. The average Bonchev–Trinajstić information content (AvgIpc) is 2.57. The second kappa shape index (κ2) is 8.49. The van der Waals surface area contributed by atoms with Crippen molar-refractivity contribution in [3.05, 3.63) is 0 Å². The number of hydrogen-bond acceptors (Lipinski definition) is 8. The van der Waals surface area contributed by atoms with Crippen LogP contribution >= 0.6 is 0 Å². The molecule has 4 atom stereocenters. The van der Waals surface area contributed by atoms with Crippen LogP contribution in [0.15, 0.2) is 0 Å². The first-order chi connectivity index (χ1) is 13.2. The number of aliphatic hydroxyl groups is 3. The van der Waals surface area contributed by atoms with E-state index in [4.69, 9.17) is 9.47 Å². The normalized spacial score (nSPS) is 30.4. The molecule has 2 rings (SSSR count). The van der Waals surface area contributed by atoms with Crippen molar-refractivity contribution in [2.24, 2.45) is 10.8 Å². The monoisotopic (exact) mass is 415 g/mol. The Hall–Kier alpha value is -1.22. The molecule has 0 aliphatic carbocycles. The maximum atomic E-state index is 12.4. The van der Waals surface area contributed by atoms with Crippen LogP contribution in [-0.2, 0) is 19.1 Å². The molecule has 168 valence electrons. The molecule has 8 heteroatoms. The van der Waals surface area contributed by atoms with Gasteiger partial charge in [-0.15, -0.1) is 0 Å². The molecular formula is C21H37NO7. The van der Waals surface area contributed by atoms with Gasteiger partial charge in [0.2, 0.25) is 0 Å². The summed E-state index contributed by atoms with van der Waals surface area (Å²) in [6, 6.07) is -0.209. The Morgan fingerprint density at radius 3 is 1.83 bits per heavy atom. The van der Waals surface area contributed by atoms with Crippen LogP contribution in [-0.4, -0.2) is 81.8 Å². The number of carbonyl (C=O) groups is 2. The number of β-amino-alcohol motifs (C(OH)–C–C–N with tert-alkyl or cyclic N) is 1. The van der Waals surface area contributed by atoms with Crippen LogP contribution in [0.2, 0.25) is 0 Å². The zero-order chi connectivity index (χ0) is 22.2. The van der Waals surface area contributed by atoms with E-state index in [0.717, 1.165) is 0 Å². The van der Waals surface area contributed by atoms with Crippen LogP contribution in [0.4, 0.5) is 0 Å². The fraction of sp³-hybridized carbons (Fsp3) is 0.905. The van der Waals surface area contributed by atoms with Crippen molar-refractivity contribution < 1.29 is 34.4 Å². The number of esters is 2. The maximum absolute atomic E-state index is 12.4. The molecule has 0 aromatic carbocycles. The molecule has 0 spiro atoms. The first-order valence-electron chi connectivity index (χ1n) is 10.3. The van der Waals surface area contributed by atoms with E-state index in [1.54, 1.807) is 41.5 Å². The number of rotatable bonds is 4. The molecule has 0 aromatic rings. The summed E-state index contributed by atoms with van der Waals surface area (Å²) in [6.07, 6.45) is -1.57. The van der Waals surface area contributed by atoms with Crippen LogP contribution in [0.5, 0.6) is 0 Å². The molecule has 2 heterocycles. The van der Waals surface area contributed by atoms with Gasteiger partial charge in [0, 0.05) is 12.6 Å². The van der Waals surface area contributed by atoms with E-state index in [2.05, 4.69) is 0 Å². The number of carbonyl (C=O) groups excluding carboxylic acids is 2. The van der Waals surface area contributed by atoms with Gasteiger partial charge in [-0.3, -0.25) is 14.5 Å². The fourth-order valence-electron chi connectivity index (χ4n) is 3.95. The van der Waals surface area contributed by atoms with Crippen molar-refractivity contribution in [3.63, 3.8) is 0 Å². The van der Waals surface area contributed by atoms with E-state index in [1.165, 1.54) is 0 Å². The topological polar surface area (TPSA) is 117 Å².